The first-order valence-corrected chi connectivity index (χ1v) is 11.7. The molecule has 0 radical (unpaired) electrons. The molecule has 2 atom stereocenters. The van der Waals surface area contributed by atoms with Gasteiger partial charge in [0, 0.05) is 30.0 Å². The van der Waals surface area contributed by atoms with Crippen molar-refractivity contribution in [3.8, 4) is 11.5 Å². The van der Waals surface area contributed by atoms with Gasteiger partial charge < -0.3 is 20.1 Å². The highest BCUT2D eigenvalue weighted by Crippen LogP contribution is 2.46. The number of nitrogens with zero attached hydrogens (tertiary/aromatic N) is 3. The van der Waals surface area contributed by atoms with Gasteiger partial charge in [0.05, 0.1) is 11.9 Å². The van der Waals surface area contributed by atoms with Crippen LogP contribution >= 0.6 is 0 Å². The summed E-state index contributed by atoms with van der Waals surface area (Å²) in [5.41, 5.74) is -0.781. The van der Waals surface area contributed by atoms with Crippen LogP contribution in [0, 0.1) is 23.0 Å². The fourth-order valence-corrected chi connectivity index (χ4v) is 5.13. The van der Waals surface area contributed by atoms with Gasteiger partial charge in [-0.2, -0.15) is 0 Å². The maximum Gasteiger partial charge on any atom is 0.228 e. The minimum Gasteiger partial charge on any atom is -0.451 e. The van der Waals surface area contributed by atoms with Crippen LogP contribution in [0.5, 0.6) is 11.5 Å². The van der Waals surface area contributed by atoms with Gasteiger partial charge in [-0.3, -0.25) is 4.79 Å². The molecule has 2 aliphatic rings. The first kappa shape index (κ1) is 24.3. The van der Waals surface area contributed by atoms with Gasteiger partial charge in [0.15, 0.2) is 17.3 Å². The Labute approximate surface area is 198 Å². The minimum absolute atomic E-state index is 0.111. The van der Waals surface area contributed by atoms with Crippen molar-refractivity contribution in [2.75, 3.05) is 18.4 Å². The van der Waals surface area contributed by atoms with Gasteiger partial charge in [-0.1, -0.05) is 27.2 Å². The molecule has 1 aromatic heterocycles. The van der Waals surface area contributed by atoms with Crippen LogP contribution in [0.2, 0.25) is 0 Å². The molecule has 2 aromatic rings. The summed E-state index contributed by atoms with van der Waals surface area (Å²) >= 11 is 0. The molecule has 1 aliphatic carbocycles. The normalized spacial score (nSPS) is 23.4. The largest absolute Gasteiger partial charge is 0.451 e. The van der Waals surface area contributed by atoms with Crippen LogP contribution in [-0.4, -0.2) is 45.2 Å². The zero-order valence-electron chi connectivity index (χ0n) is 20.1. The van der Waals surface area contributed by atoms with E-state index in [0.29, 0.717) is 31.1 Å². The quantitative estimate of drug-likeness (QED) is 0.570. The minimum atomic E-state index is -0.888. The zero-order chi connectivity index (χ0) is 24.7. The highest BCUT2D eigenvalue weighted by molar-refractivity contribution is 5.83. The van der Waals surface area contributed by atoms with Crippen LogP contribution in [0.3, 0.4) is 0 Å². The van der Waals surface area contributed by atoms with Gasteiger partial charge >= 0.3 is 0 Å². The van der Waals surface area contributed by atoms with Crippen molar-refractivity contribution in [2.24, 2.45) is 11.3 Å². The number of rotatable bonds is 7. The Balaban J connectivity index is 1.74. The Kier molecular flexibility index (Phi) is 6.50. The molecule has 9 heteroatoms. The number of aliphatic hydroxyl groups is 1. The number of piperidine rings is 1. The van der Waals surface area contributed by atoms with E-state index in [1.807, 2.05) is 25.7 Å². The average molecular weight is 475 g/mol. The molecule has 1 aliphatic heterocycles. The van der Waals surface area contributed by atoms with Crippen LogP contribution < -0.4 is 10.1 Å². The van der Waals surface area contributed by atoms with Crippen LogP contribution in [-0.2, 0) is 10.2 Å². The fraction of sp³-hybridized carbons (Fsp3) is 0.560. The molecule has 2 fully saturated rings. The number of carbonyl (C=O) groups excluding carboxylic acids is 1. The summed E-state index contributed by atoms with van der Waals surface area (Å²) in [4.78, 5) is 24.0. The number of anilines is 1. The predicted molar refractivity (Wildman–Crippen MR) is 123 cm³/mol. The third-order valence-electron chi connectivity index (χ3n) is 6.72. The number of hydrogen-bond donors (Lipinski definition) is 2. The number of aliphatic hydroxyl groups excluding tert-OH is 1. The molecule has 1 saturated heterocycles. The lowest BCUT2D eigenvalue weighted by atomic mass is 9.67. The summed E-state index contributed by atoms with van der Waals surface area (Å²) in [5, 5.41) is 12.5. The van der Waals surface area contributed by atoms with Crippen LogP contribution in [0.15, 0.2) is 24.4 Å². The van der Waals surface area contributed by atoms with Crippen molar-refractivity contribution in [3.63, 3.8) is 0 Å². The highest BCUT2D eigenvalue weighted by Gasteiger charge is 2.49. The molecule has 2 heterocycles. The van der Waals surface area contributed by atoms with Gasteiger partial charge in [-0.25, -0.2) is 18.7 Å². The van der Waals surface area contributed by atoms with Crippen molar-refractivity contribution >= 4 is 11.9 Å². The summed E-state index contributed by atoms with van der Waals surface area (Å²) in [6.07, 6.45) is 4.45. The van der Waals surface area contributed by atoms with Gasteiger partial charge in [-0.15, -0.1) is 0 Å². The molecule has 1 aromatic carbocycles. The summed E-state index contributed by atoms with van der Waals surface area (Å²) in [5.74, 6) is -0.666. The van der Waals surface area contributed by atoms with Crippen LogP contribution in [0.1, 0.15) is 59.1 Å². The second kappa shape index (κ2) is 9.09. The van der Waals surface area contributed by atoms with Gasteiger partial charge in [0.1, 0.15) is 12.0 Å². The van der Waals surface area contributed by atoms with Crippen LogP contribution in [0.4, 0.5) is 14.7 Å². The lowest BCUT2D eigenvalue weighted by molar-refractivity contribution is -0.149. The second-order valence-corrected chi connectivity index (χ2v) is 10.5. The molecule has 0 bridgehead atoms. The topological polar surface area (TPSA) is 87.6 Å². The van der Waals surface area contributed by atoms with Gasteiger partial charge in [0.2, 0.25) is 11.9 Å². The van der Waals surface area contributed by atoms with E-state index in [1.165, 1.54) is 18.7 Å². The van der Waals surface area contributed by atoms with Crippen LogP contribution in [0.25, 0.3) is 0 Å². The third kappa shape index (κ3) is 4.99. The zero-order valence-corrected chi connectivity index (χ0v) is 20.1. The van der Waals surface area contributed by atoms with E-state index in [1.54, 1.807) is 6.92 Å². The SMILES string of the molecule is CC(O)Nc1ncc(Oc2ccc(F)cc2F)c(C2(C)CN(CC3CCC3)C(=O)C(C)(C)C2)n1. The van der Waals surface area contributed by atoms with E-state index in [4.69, 9.17) is 4.74 Å². The number of likely N-dealkylation sites (tertiary alicyclic amines) is 1. The Morgan fingerprint density at radius 3 is 2.62 bits per heavy atom. The van der Waals surface area contributed by atoms with E-state index >= 15 is 0 Å². The van der Waals surface area contributed by atoms with E-state index in [-0.39, 0.29) is 23.4 Å². The molecular formula is C25H32F2N4O3. The Bertz CT molecular complexity index is 1070. The van der Waals surface area contributed by atoms with E-state index in [2.05, 4.69) is 15.3 Å². The Hall–Kier alpha value is -2.81. The number of benzene rings is 1. The van der Waals surface area contributed by atoms with E-state index in [9.17, 15) is 18.7 Å². The Morgan fingerprint density at radius 2 is 2.00 bits per heavy atom. The molecule has 1 amide bonds. The lowest BCUT2D eigenvalue weighted by Gasteiger charge is -2.49. The van der Waals surface area contributed by atoms with Crippen molar-refractivity contribution in [1.82, 2.24) is 14.9 Å². The molecular weight excluding hydrogens is 442 g/mol. The molecule has 2 unspecified atom stereocenters. The molecule has 2 N–H and O–H groups in total. The summed E-state index contributed by atoms with van der Waals surface area (Å²) in [7, 11) is 0. The maximum absolute atomic E-state index is 14.4. The molecule has 4 rings (SSSR count). The Morgan fingerprint density at radius 1 is 1.26 bits per heavy atom. The number of halogens is 2. The standard InChI is InChI=1S/C25H32F2N4O3/c1-15(32)29-23-28-11-20(34-19-9-8-17(26)10-18(19)27)21(30-23)25(4)13-24(2,3)22(33)31(14-25)12-16-6-5-7-16/h8-11,15-16,32H,5-7,12-14H2,1-4H3,(H,28,29,30). The van der Waals surface area contributed by atoms with Gasteiger partial charge in [-0.05, 0) is 44.2 Å². The monoisotopic (exact) mass is 474 g/mol. The summed E-state index contributed by atoms with van der Waals surface area (Å²) in [6.45, 7) is 8.54. The summed E-state index contributed by atoms with van der Waals surface area (Å²) in [6, 6.07) is 3.09. The number of carbonyl (C=O) groups is 1. The highest BCUT2D eigenvalue weighted by atomic mass is 19.1. The summed E-state index contributed by atoms with van der Waals surface area (Å²) < 4.78 is 33.6. The number of aromatic nitrogens is 2. The molecule has 1 saturated carbocycles. The molecule has 7 nitrogen and oxygen atoms in total. The second-order valence-electron chi connectivity index (χ2n) is 10.5. The number of hydrogen-bond acceptors (Lipinski definition) is 6. The first-order valence-electron chi connectivity index (χ1n) is 11.7. The first-order chi connectivity index (χ1) is 16.0. The molecule has 0 spiro atoms. The van der Waals surface area contributed by atoms with Gasteiger partial charge in [0.25, 0.3) is 0 Å². The number of nitrogens with one attached hydrogen (secondary N) is 1. The van der Waals surface area contributed by atoms with Crippen molar-refractivity contribution < 1.29 is 23.4 Å². The third-order valence-corrected chi connectivity index (χ3v) is 6.72. The number of ether oxygens (including phenoxy) is 1. The maximum atomic E-state index is 14.4. The van der Waals surface area contributed by atoms with Crippen molar-refractivity contribution in [3.05, 3.63) is 41.7 Å². The molecule has 34 heavy (non-hydrogen) atoms. The fourth-order valence-electron chi connectivity index (χ4n) is 5.13. The van der Waals surface area contributed by atoms with Crippen molar-refractivity contribution in [2.45, 2.75) is 65.0 Å². The lowest BCUT2D eigenvalue weighted by Crippen LogP contribution is -2.57. The number of amides is 1. The predicted octanol–water partition coefficient (Wildman–Crippen LogP) is 4.61. The van der Waals surface area contributed by atoms with Crippen molar-refractivity contribution in [1.29, 1.82) is 0 Å². The van der Waals surface area contributed by atoms with E-state index < -0.39 is 28.7 Å². The average Bonchev–Trinajstić information content (AvgIpc) is 2.70. The molecule has 184 valence electrons. The smallest absolute Gasteiger partial charge is 0.228 e. The van der Waals surface area contributed by atoms with E-state index in [0.717, 1.165) is 25.0 Å².